The number of rotatable bonds is 6. The Balaban J connectivity index is 1.58. The molecule has 0 saturated carbocycles. The van der Waals surface area contributed by atoms with Crippen LogP contribution in [0.2, 0.25) is 0 Å². The van der Waals surface area contributed by atoms with Gasteiger partial charge in [0.25, 0.3) is 11.8 Å². The van der Waals surface area contributed by atoms with Crippen LogP contribution in [0.3, 0.4) is 0 Å². The van der Waals surface area contributed by atoms with Crippen molar-refractivity contribution in [3.8, 4) is 0 Å². The molecule has 26 heavy (non-hydrogen) atoms. The van der Waals surface area contributed by atoms with Crippen molar-refractivity contribution in [1.82, 2.24) is 10.6 Å². The first-order valence-corrected chi connectivity index (χ1v) is 8.96. The summed E-state index contributed by atoms with van der Waals surface area (Å²) in [4.78, 5) is 24.7. The van der Waals surface area contributed by atoms with Gasteiger partial charge in [-0.1, -0.05) is 30.3 Å². The molecule has 1 fully saturated rings. The zero-order valence-corrected chi connectivity index (χ0v) is 15.0. The largest absolute Gasteiger partial charge is 0.376 e. The molecule has 2 N–H and O–H groups in total. The number of aryl methyl sites for hydroxylation is 1. The molecule has 5 nitrogen and oxygen atoms in total. The van der Waals surface area contributed by atoms with Crippen LogP contribution in [0.4, 0.5) is 0 Å². The Morgan fingerprint density at radius 3 is 2.46 bits per heavy atom. The standard InChI is InChI=1S/C21H24N2O3/c1-15-6-2-3-7-18(15)13-22-20(24)16-8-4-9-17(12-16)21(25)23-14-19-10-5-11-26-19/h2-4,6-9,12,19H,5,10-11,13-14H2,1H3,(H,22,24)(H,23,25). The molecule has 1 heterocycles. The van der Waals surface area contributed by atoms with E-state index in [2.05, 4.69) is 10.6 Å². The molecule has 2 aromatic carbocycles. The van der Waals surface area contributed by atoms with Gasteiger partial charge in [-0.2, -0.15) is 0 Å². The molecule has 0 spiro atoms. The summed E-state index contributed by atoms with van der Waals surface area (Å²) in [7, 11) is 0. The molecule has 0 aromatic heterocycles. The maximum atomic E-state index is 12.4. The Hall–Kier alpha value is -2.66. The minimum atomic E-state index is -0.193. The SMILES string of the molecule is Cc1ccccc1CNC(=O)c1cccc(C(=O)NCC2CCCO2)c1. The smallest absolute Gasteiger partial charge is 0.251 e. The third kappa shape index (κ3) is 4.70. The lowest BCUT2D eigenvalue weighted by Crippen LogP contribution is -2.32. The van der Waals surface area contributed by atoms with E-state index in [1.54, 1.807) is 24.3 Å². The van der Waals surface area contributed by atoms with Crippen LogP contribution in [0.5, 0.6) is 0 Å². The van der Waals surface area contributed by atoms with Crippen molar-refractivity contribution < 1.29 is 14.3 Å². The van der Waals surface area contributed by atoms with Crippen LogP contribution in [0, 0.1) is 6.92 Å². The normalized spacial score (nSPS) is 16.3. The van der Waals surface area contributed by atoms with Gasteiger partial charge in [0.15, 0.2) is 0 Å². The van der Waals surface area contributed by atoms with Gasteiger partial charge in [0.05, 0.1) is 6.10 Å². The number of hydrogen-bond donors (Lipinski definition) is 2. The summed E-state index contributed by atoms with van der Waals surface area (Å²) in [6.45, 7) is 3.74. The highest BCUT2D eigenvalue weighted by atomic mass is 16.5. The summed E-state index contributed by atoms with van der Waals surface area (Å²) in [6.07, 6.45) is 2.11. The summed E-state index contributed by atoms with van der Waals surface area (Å²) in [5.41, 5.74) is 3.16. The fourth-order valence-corrected chi connectivity index (χ4v) is 3.00. The minimum absolute atomic E-state index is 0.0968. The average Bonchev–Trinajstić information content (AvgIpc) is 3.19. The Morgan fingerprint density at radius 1 is 1.04 bits per heavy atom. The van der Waals surface area contributed by atoms with E-state index in [1.807, 2.05) is 31.2 Å². The zero-order chi connectivity index (χ0) is 18.4. The molecule has 2 amide bonds. The van der Waals surface area contributed by atoms with Gasteiger partial charge in [0.2, 0.25) is 0 Å². The molecule has 3 rings (SSSR count). The van der Waals surface area contributed by atoms with E-state index < -0.39 is 0 Å². The van der Waals surface area contributed by atoms with E-state index in [0.29, 0.717) is 24.2 Å². The van der Waals surface area contributed by atoms with Crippen molar-refractivity contribution in [3.05, 3.63) is 70.8 Å². The number of hydrogen-bond acceptors (Lipinski definition) is 3. The van der Waals surface area contributed by atoms with Gasteiger partial charge >= 0.3 is 0 Å². The first-order chi connectivity index (χ1) is 12.6. The minimum Gasteiger partial charge on any atom is -0.376 e. The molecule has 1 aliphatic rings. The number of nitrogens with one attached hydrogen (secondary N) is 2. The van der Waals surface area contributed by atoms with Gasteiger partial charge in [0, 0.05) is 30.8 Å². The first kappa shape index (κ1) is 18.1. The highest BCUT2D eigenvalue weighted by molar-refractivity contribution is 5.99. The molecule has 136 valence electrons. The van der Waals surface area contributed by atoms with Gasteiger partial charge in [-0.3, -0.25) is 9.59 Å². The molecule has 0 aliphatic carbocycles. The molecule has 1 unspecified atom stereocenters. The van der Waals surface area contributed by atoms with Gasteiger partial charge in [-0.05, 0) is 49.1 Å². The molecular weight excluding hydrogens is 328 g/mol. The van der Waals surface area contributed by atoms with E-state index >= 15 is 0 Å². The molecule has 1 atom stereocenters. The summed E-state index contributed by atoms with van der Waals surface area (Å²) >= 11 is 0. The van der Waals surface area contributed by atoms with E-state index in [9.17, 15) is 9.59 Å². The van der Waals surface area contributed by atoms with Gasteiger partial charge < -0.3 is 15.4 Å². The second-order valence-corrected chi connectivity index (χ2v) is 6.54. The monoisotopic (exact) mass is 352 g/mol. The predicted octanol–water partition coefficient (Wildman–Crippen LogP) is 2.83. The maximum absolute atomic E-state index is 12.4. The Bertz CT molecular complexity index is 782. The van der Waals surface area contributed by atoms with Crippen molar-refractivity contribution >= 4 is 11.8 Å². The molecular formula is C21H24N2O3. The Morgan fingerprint density at radius 2 is 1.77 bits per heavy atom. The van der Waals surface area contributed by atoms with Gasteiger partial charge in [-0.15, -0.1) is 0 Å². The van der Waals surface area contributed by atoms with Crippen LogP contribution < -0.4 is 10.6 Å². The second kappa shape index (κ2) is 8.63. The lowest BCUT2D eigenvalue weighted by Gasteiger charge is -2.11. The summed E-state index contributed by atoms with van der Waals surface area (Å²) in [6, 6.07) is 14.7. The van der Waals surface area contributed by atoms with E-state index in [0.717, 1.165) is 30.6 Å². The van der Waals surface area contributed by atoms with E-state index in [1.165, 1.54) is 0 Å². The molecule has 0 radical (unpaired) electrons. The van der Waals surface area contributed by atoms with Gasteiger partial charge in [0.1, 0.15) is 0 Å². The first-order valence-electron chi connectivity index (χ1n) is 8.96. The van der Waals surface area contributed by atoms with Crippen LogP contribution in [0.15, 0.2) is 48.5 Å². The topological polar surface area (TPSA) is 67.4 Å². The Labute approximate surface area is 153 Å². The highest BCUT2D eigenvalue weighted by Gasteiger charge is 2.17. The van der Waals surface area contributed by atoms with Crippen molar-refractivity contribution in [2.75, 3.05) is 13.2 Å². The van der Waals surface area contributed by atoms with Crippen molar-refractivity contribution in [2.24, 2.45) is 0 Å². The number of carbonyl (C=O) groups excluding carboxylic acids is 2. The predicted molar refractivity (Wildman–Crippen MR) is 100 cm³/mol. The quantitative estimate of drug-likeness (QED) is 0.840. The third-order valence-electron chi connectivity index (χ3n) is 4.60. The lowest BCUT2D eigenvalue weighted by molar-refractivity contribution is 0.0857. The van der Waals surface area contributed by atoms with Gasteiger partial charge in [-0.25, -0.2) is 0 Å². The zero-order valence-electron chi connectivity index (χ0n) is 15.0. The van der Waals surface area contributed by atoms with Crippen LogP contribution in [0.1, 0.15) is 44.7 Å². The summed E-state index contributed by atoms with van der Waals surface area (Å²) < 4.78 is 5.51. The molecule has 2 aromatic rings. The number of benzene rings is 2. The fraction of sp³-hybridized carbons (Fsp3) is 0.333. The third-order valence-corrected chi connectivity index (χ3v) is 4.60. The molecule has 1 saturated heterocycles. The fourth-order valence-electron chi connectivity index (χ4n) is 3.00. The number of ether oxygens (including phenoxy) is 1. The molecule has 0 bridgehead atoms. The average molecular weight is 352 g/mol. The van der Waals surface area contributed by atoms with E-state index in [4.69, 9.17) is 4.74 Å². The molecule has 1 aliphatic heterocycles. The Kier molecular flexibility index (Phi) is 6.02. The van der Waals surface area contributed by atoms with Crippen LogP contribution >= 0.6 is 0 Å². The molecule has 5 heteroatoms. The van der Waals surface area contributed by atoms with Crippen LogP contribution in [-0.4, -0.2) is 31.1 Å². The van der Waals surface area contributed by atoms with Crippen molar-refractivity contribution in [1.29, 1.82) is 0 Å². The summed E-state index contributed by atoms with van der Waals surface area (Å²) in [5, 5.41) is 5.79. The lowest BCUT2D eigenvalue weighted by atomic mass is 10.1. The van der Waals surface area contributed by atoms with E-state index in [-0.39, 0.29) is 17.9 Å². The highest BCUT2D eigenvalue weighted by Crippen LogP contribution is 2.12. The number of carbonyl (C=O) groups is 2. The van der Waals surface area contributed by atoms with Crippen molar-refractivity contribution in [3.63, 3.8) is 0 Å². The maximum Gasteiger partial charge on any atom is 0.251 e. The summed E-state index contributed by atoms with van der Waals surface area (Å²) in [5.74, 6) is -0.379. The number of amides is 2. The second-order valence-electron chi connectivity index (χ2n) is 6.54. The van der Waals surface area contributed by atoms with Crippen molar-refractivity contribution in [2.45, 2.75) is 32.4 Å². The van der Waals surface area contributed by atoms with Crippen LogP contribution in [0.25, 0.3) is 0 Å². The van der Waals surface area contributed by atoms with Crippen LogP contribution in [-0.2, 0) is 11.3 Å².